The van der Waals surface area contributed by atoms with E-state index < -0.39 is 28.5 Å². The van der Waals surface area contributed by atoms with Crippen molar-refractivity contribution in [3.63, 3.8) is 0 Å². The Balaban J connectivity index is 1.72. The minimum atomic E-state index is -4.20. The first-order valence-electron chi connectivity index (χ1n) is 14.7. The number of carbonyl (C=O) groups excluding carboxylic acids is 2. The summed E-state index contributed by atoms with van der Waals surface area (Å²) in [7, 11) is -2.63. The minimum absolute atomic E-state index is 0.0472. The summed E-state index contributed by atoms with van der Waals surface area (Å²) in [4.78, 5) is 29.1. The number of benzene rings is 3. The monoisotopic (exact) mass is 607 g/mol. The molecule has 230 valence electrons. The van der Waals surface area contributed by atoms with Gasteiger partial charge in [-0.05, 0) is 75.6 Å². The van der Waals surface area contributed by atoms with Crippen LogP contribution >= 0.6 is 0 Å². The van der Waals surface area contributed by atoms with Gasteiger partial charge in [0.2, 0.25) is 11.8 Å². The lowest BCUT2D eigenvalue weighted by molar-refractivity contribution is -0.139. The number of ether oxygens (including phenoxy) is 2. The Morgan fingerprint density at radius 2 is 1.63 bits per heavy atom. The molecule has 0 bridgehead atoms. The number of nitrogens with zero attached hydrogens (tertiary/aromatic N) is 2. The average molecular weight is 608 g/mol. The first-order chi connectivity index (χ1) is 20.6. The third-order valence-corrected chi connectivity index (χ3v) is 9.48. The van der Waals surface area contributed by atoms with E-state index in [1.807, 2.05) is 26.0 Å². The smallest absolute Gasteiger partial charge is 0.264 e. The van der Waals surface area contributed by atoms with Crippen molar-refractivity contribution in [2.45, 2.75) is 70.0 Å². The van der Waals surface area contributed by atoms with Crippen LogP contribution in [0.3, 0.4) is 0 Å². The molecular formula is C33H41N3O6S. The molecule has 0 saturated heterocycles. The highest BCUT2D eigenvalue weighted by Crippen LogP contribution is 2.33. The van der Waals surface area contributed by atoms with Crippen molar-refractivity contribution in [2.75, 3.05) is 24.6 Å². The summed E-state index contributed by atoms with van der Waals surface area (Å²) in [5.41, 5.74) is 1.92. The maximum absolute atomic E-state index is 14.2. The van der Waals surface area contributed by atoms with Crippen LogP contribution in [0, 0.1) is 6.92 Å². The Labute approximate surface area is 254 Å². The fraction of sp³-hybridized carbons (Fsp3) is 0.394. The summed E-state index contributed by atoms with van der Waals surface area (Å²) in [5.74, 6) is 0.210. The minimum Gasteiger partial charge on any atom is -0.497 e. The highest BCUT2D eigenvalue weighted by Gasteiger charge is 2.34. The number of hydrogen-bond donors (Lipinski definition) is 1. The number of anilines is 1. The number of methoxy groups -OCH3 is 1. The van der Waals surface area contributed by atoms with Crippen LogP contribution in [0.4, 0.5) is 5.69 Å². The molecule has 1 aliphatic rings. The van der Waals surface area contributed by atoms with E-state index in [4.69, 9.17) is 9.47 Å². The fourth-order valence-corrected chi connectivity index (χ4v) is 6.62. The van der Waals surface area contributed by atoms with Gasteiger partial charge in [0.05, 0.1) is 24.3 Å². The maximum atomic E-state index is 14.2. The molecule has 2 amide bonds. The molecule has 1 atom stereocenters. The second-order valence-corrected chi connectivity index (χ2v) is 12.6. The van der Waals surface area contributed by atoms with Crippen molar-refractivity contribution in [2.24, 2.45) is 0 Å². The SMILES string of the molecule is CCOc1ccccc1N(CC(=O)N(Cc1ccc(OC)cc1)[C@@H](C)C(=O)NC1CCCC1)S(=O)(=O)c1ccc(C)cc1. The number of para-hydroxylation sites is 2. The molecule has 10 heteroatoms. The summed E-state index contributed by atoms with van der Waals surface area (Å²) >= 11 is 0. The molecule has 1 saturated carbocycles. The van der Waals surface area contributed by atoms with Crippen LogP contribution in [0.2, 0.25) is 0 Å². The molecular weight excluding hydrogens is 566 g/mol. The number of rotatable bonds is 13. The lowest BCUT2D eigenvalue weighted by atomic mass is 10.1. The number of nitrogens with one attached hydrogen (secondary N) is 1. The molecule has 4 rings (SSSR count). The Bertz CT molecular complexity index is 1490. The largest absolute Gasteiger partial charge is 0.497 e. The molecule has 0 spiro atoms. The van der Waals surface area contributed by atoms with Crippen molar-refractivity contribution in [3.8, 4) is 11.5 Å². The zero-order valence-electron chi connectivity index (χ0n) is 25.3. The van der Waals surface area contributed by atoms with E-state index in [0.717, 1.165) is 41.1 Å². The van der Waals surface area contributed by atoms with Gasteiger partial charge in [-0.2, -0.15) is 0 Å². The number of hydrogen-bond acceptors (Lipinski definition) is 6. The summed E-state index contributed by atoms with van der Waals surface area (Å²) < 4.78 is 40.4. The predicted molar refractivity (Wildman–Crippen MR) is 167 cm³/mol. The van der Waals surface area contributed by atoms with Crippen molar-refractivity contribution >= 4 is 27.5 Å². The summed E-state index contributed by atoms with van der Waals surface area (Å²) in [5, 5.41) is 3.09. The first-order valence-corrected chi connectivity index (χ1v) is 16.1. The van der Waals surface area contributed by atoms with Gasteiger partial charge in [-0.15, -0.1) is 0 Å². The summed E-state index contributed by atoms with van der Waals surface area (Å²) in [6, 6.07) is 19.7. The molecule has 3 aromatic carbocycles. The molecule has 3 aromatic rings. The van der Waals surface area contributed by atoms with Gasteiger partial charge in [0.1, 0.15) is 24.1 Å². The van der Waals surface area contributed by atoms with Gasteiger partial charge in [-0.3, -0.25) is 13.9 Å². The van der Waals surface area contributed by atoms with Crippen LogP contribution < -0.4 is 19.1 Å². The molecule has 0 aliphatic heterocycles. The average Bonchev–Trinajstić information content (AvgIpc) is 3.52. The summed E-state index contributed by atoms with van der Waals surface area (Å²) in [6.07, 6.45) is 3.92. The molecule has 9 nitrogen and oxygen atoms in total. The predicted octanol–water partition coefficient (Wildman–Crippen LogP) is 5.07. The quantitative estimate of drug-likeness (QED) is 0.291. The zero-order valence-corrected chi connectivity index (χ0v) is 26.1. The standard InChI is InChI=1S/C33H41N3O6S/c1-5-42-31-13-9-8-12-30(31)36(43(39,40)29-20-14-24(2)15-21-29)23-32(37)35(22-26-16-18-28(41-4)19-17-26)25(3)33(38)34-27-10-6-7-11-27/h8-9,12-21,25,27H,5-7,10-11,22-23H2,1-4H3,(H,34,38)/t25-/m0/s1. The normalized spacial score (nSPS) is 14.1. The number of carbonyl (C=O) groups is 2. The van der Waals surface area contributed by atoms with Crippen molar-refractivity contribution in [1.82, 2.24) is 10.2 Å². The molecule has 0 heterocycles. The van der Waals surface area contributed by atoms with Crippen LogP contribution in [0.25, 0.3) is 0 Å². The van der Waals surface area contributed by atoms with E-state index in [9.17, 15) is 18.0 Å². The van der Waals surface area contributed by atoms with Gasteiger partial charge in [0.15, 0.2) is 0 Å². The topological polar surface area (TPSA) is 105 Å². The van der Waals surface area contributed by atoms with Gasteiger partial charge in [0, 0.05) is 12.6 Å². The van der Waals surface area contributed by atoms with E-state index >= 15 is 0 Å². The van der Waals surface area contributed by atoms with E-state index in [2.05, 4.69) is 5.32 Å². The fourth-order valence-electron chi connectivity index (χ4n) is 5.19. The lowest BCUT2D eigenvalue weighted by Crippen LogP contribution is -2.52. The molecule has 43 heavy (non-hydrogen) atoms. The van der Waals surface area contributed by atoms with E-state index in [-0.39, 0.29) is 29.1 Å². The third-order valence-electron chi connectivity index (χ3n) is 7.70. The highest BCUT2D eigenvalue weighted by atomic mass is 32.2. The van der Waals surface area contributed by atoms with Crippen LogP contribution in [0.5, 0.6) is 11.5 Å². The second kappa shape index (κ2) is 14.4. The van der Waals surface area contributed by atoms with E-state index in [1.165, 1.54) is 17.0 Å². The van der Waals surface area contributed by atoms with Crippen LogP contribution in [-0.4, -0.2) is 57.5 Å². The molecule has 1 N–H and O–H groups in total. The van der Waals surface area contributed by atoms with Crippen LogP contribution in [0.1, 0.15) is 50.7 Å². The number of aryl methyl sites for hydroxylation is 1. The van der Waals surface area contributed by atoms with Gasteiger partial charge >= 0.3 is 0 Å². The highest BCUT2D eigenvalue weighted by molar-refractivity contribution is 7.92. The van der Waals surface area contributed by atoms with Crippen molar-refractivity contribution < 1.29 is 27.5 Å². The van der Waals surface area contributed by atoms with Crippen LogP contribution in [0.15, 0.2) is 77.7 Å². The molecule has 0 unspecified atom stereocenters. The van der Waals surface area contributed by atoms with Crippen molar-refractivity contribution in [3.05, 3.63) is 83.9 Å². The van der Waals surface area contributed by atoms with Gasteiger partial charge in [-0.25, -0.2) is 8.42 Å². The maximum Gasteiger partial charge on any atom is 0.264 e. The van der Waals surface area contributed by atoms with E-state index in [0.29, 0.717) is 18.1 Å². The van der Waals surface area contributed by atoms with Gasteiger partial charge < -0.3 is 19.7 Å². The molecule has 0 aromatic heterocycles. The Morgan fingerprint density at radius 3 is 2.26 bits per heavy atom. The second-order valence-electron chi connectivity index (χ2n) is 10.8. The Hall–Kier alpha value is -4.05. The number of amides is 2. The Kier molecular flexibility index (Phi) is 10.7. The van der Waals surface area contributed by atoms with Crippen LogP contribution in [-0.2, 0) is 26.2 Å². The molecule has 1 aliphatic carbocycles. The summed E-state index contributed by atoms with van der Waals surface area (Å²) in [6.45, 7) is 5.24. The first kappa shape index (κ1) is 31.9. The lowest BCUT2D eigenvalue weighted by Gasteiger charge is -2.33. The molecule has 1 fully saturated rings. The zero-order chi connectivity index (χ0) is 31.0. The van der Waals surface area contributed by atoms with Crippen molar-refractivity contribution in [1.29, 1.82) is 0 Å². The number of sulfonamides is 1. The van der Waals surface area contributed by atoms with E-state index in [1.54, 1.807) is 62.6 Å². The molecule has 0 radical (unpaired) electrons. The third kappa shape index (κ3) is 7.87. The van der Waals surface area contributed by atoms with Gasteiger partial charge in [0.25, 0.3) is 10.0 Å². The Morgan fingerprint density at radius 1 is 0.977 bits per heavy atom. The van der Waals surface area contributed by atoms with Gasteiger partial charge in [-0.1, -0.05) is 54.8 Å².